The summed E-state index contributed by atoms with van der Waals surface area (Å²) < 4.78 is 0. The molecule has 0 unspecified atom stereocenters. The lowest BCUT2D eigenvalue weighted by Crippen LogP contribution is -2.58. The zero-order chi connectivity index (χ0) is 12.4. The van der Waals surface area contributed by atoms with Crippen LogP contribution in [0.5, 0.6) is 0 Å². The van der Waals surface area contributed by atoms with E-state index in [2.05, 4.69) is 22.1 Å². The van der Waals surface area contributed by atoms with Crippen LogP contribution in [0.15, 0.2) is 6.20 Å². The molecule has 3 rings (SSSR count). The molecular weight excluding hydrogens is 242 g/mol. The van der Waals surface area contributed by atoms with E-state index in [0.717, 1.165) is 19.5 Å². The van der Waals surface area contributed by atoms with Gasteiger partial charge in [-0.05, 0) is 19.3 Å². The van der Waals surface area contributed by atoms with Crippen LogP contribution >= 0.6 is 11.3 Å². The van der Waals surface area contributed by atoms with Gasteiger partial charge < -0.3 is 5.32 Å². The number of aromatic nitrogens is 1. The maximum Gasteiger partial charge on any atom is 0.107 e. The van der Waals surface area contributed by atoms with Crippen LogP contribution in [0.25, 0.3) is 0 Å². The first-order valence-corrected chi connectivity index (χ1v) is 8.02. The van der Waals surface area contributed by atoms with Gasteiger partial charge in [0, 0.05) is 36.2 Å². The van der Waals surface area contributed by atoms with Crippen LogP contribution in [0.3, 0.4) is 0 Å². The largest absolute Gasteiger partial charge is 0.309 e. The predicted octanol–water partition coefficient (Wildman–Crippen LogP) is 2.42. The standard InChI is InChI=1S/C14H23N3S/c1-2-12-9-15-13(18-12)10-17-8-7-16-14(11-17)5-3-4-6-14/h9,16H,2-8,10-11H2,1H3. The molecule has 0 bridgehead atoms. The molecule has 18 heavy (non-hydrogen) atoms. The monoisotopic (exact) mass is 265 g/mol. The Morgan fingerprint density at radius 3 is 3.00 bits per heavy atom. The Kier molecular flexibility index (Phi) is 3.68. The van der Waals surface area contributed by atoms with Gasteiger partial charge >= 0.3 is 0 Å². The lowest BCUT2D eigenvalue weighted by molar-refractivity contribution is 0.128. The predicted molar refractivity (Wildman–Crippen MR) is 76.0 cm³/mol. The minimum atomic E-state index is 0.434. The molecule has 1 N–H and O–H groups in total. The van der Waals surface area contributed by atoms with E-state index < -0.39 is 0 Å². The van der Waals surface area contributed by atoms with Crippen molar-refractivity contribution < 1.29 is 0 Å². The Morgan fingerprint density at radius 2 is 2.28 bits per heavy atom. The third-order valence-electron chi connectivity index (χ3n) is 4.32. The molecule has 2 fully saturated rings. The first-order valence-electron chi connectivity index (χ1n) is 7.21. The molecule has 0 radical (unpaired) electrons. The molecule has 2 heterocycles. The summed E-state index contributed by atoms with van der Waals surface area (Å²) in [5.74, 6) is 0. The SMILES string of the molecule is CCc1cnc(CN2CCNC3(CCCC3)C2)s1. The van der Waals surface area contributed by atoms with Crippen molar-refractivity contribution in [1.82, 2.24) is 15.2 Å². The Labute approximate surface area is 114 Å². The van der Waals surface area contributed by atoms with Crippen LogP contribution in [0.2, 0.25) is 0 Å². The van der Waals surface area contributed by atoms with E-state index in [1.807, 2.05) is 17.5 Å². The summed E-state index contributed by atoms with van der Waals surface area (Å²) in [4.78, 5) is 8.56. The molecule has 100 valence electrons. The summed E-state index contributed by atoms with van der Waals surface area (Å²) in [7, 11) is 0. The molecule has 1 aromatic rings. The lowest BCUT2D eigenvalue weighted by atomic mass is 9.94. The van der Waals surface area contributed by atoms with Gasteiger partial charge in [-0.15, -0.1) is 11.3 Å². The van der Waals surface area contributed by atoms with E-state index in [9.17, 15) is 0 Å². The lowest BCUT2D eigenvalue weighted by Gasteiger charge is -2.41. The highest BCUT2D eigenvalue weighted by Crippen LogP contribution is 2.32. The van der Waals surface area contributed by atoms with E-state index in [0.29, 0.717) is 5.54 Å². The van der Waals surface area contributed by atoms with Gasteiger partial charge in [-0.2, -0.15) is 0 Å². The molecule has 1 aliphatic heterocycles. The highest BCUT2D eigenvalue weighted by Gasteiger charge is 2.37. The van der Waals surface area contributed by atoms with Crippen molar-refractivity contribution in [3.05, 3.63) is 16.1 Å². The second-order valence-electron chi connectivity index (χ2n) is 5.70. The molecule has 1 saturated heterocycles. The molecule has 4 heteroatoms. The fraction of sp³-hybridized carbons (Fsp3) is 0.786. The van der Waals surface area contributed by atoms with Crippen molar-refractivity contribution in [2.24, 2.45) is 0 Å². The van der Waals surface area contributed by atoms with Crippen molar-refractivity contribution >= 4 is 11.3 Å². The Morgan fingerprint density at radius 1 is 1.44 bits per heavy atom. The first kappa shape index (κ1) is 12.6. The summed E-state index contributed by atoms with van der Waals surface area (Å²) >= 11 is 1.88. The van der Waals surface area contributed by atoms with Crippen LogP contribution < -0.4 is 5.32 Å². The Balaban J connectivity index is 1.62. The number of nitrogens with zero attached hydrogens (tertiary/aromatic N) is 2. The van der Waals surface area contributed by atoms with Crippen molar-refractivity contribution in [3.63, 3.8) is 0 Å². The molecule has 1 aliphatic carbocycles. The highest BCUT2D eigenvalue weighted by atomic mass is 32.1. The average molecular weight is 265 g/mol. The maximum atomic E-state index is 4.55. The van der Waals surface area contributed by atoms with Gasteiger partial charge in [0.05, 0.1) is 6.54 Å². The quantitative estimate of drug-likeness (QED) is 0.910. The average Bonchev–Trinajstić information content (AvgIpc) is 2.99. The van der Waals surface area contributed by atoms with Gasteiger partial charge in [-0.25, -0.2) is 4.98 Å². The van der Waals surface area contributed by atoms with Crippen molar-refractivity contribution in [1.29, 1.82) is 0 Å². The van der Waals surface area contributed by atoms with Crippen LogP contribution in [0.1, 0.15) is 42.5 Å². The number of piperazine rings is 1. The zero-order valence-electron chi connectivity index (χ0n) is 11.2. The molecule has 0 amide bonds. The number of hydrogen-bond donors (Lipinski definition) is 1. The summed E-state index contributed by atoms with van der Waals surface area (Å²) in [6.45, 7) is 6.78. The third-order valence-corrected chi connectivity index (χ3v) is 5.45. The normalized spacial score (nSPS) is 23.8. The number of hydrogen-bond acceptors (Lipinski definition) is 4. The Bertz CT molecular complexity index is 395. The van der Waals surface area contributed by atoms with Crippen molar-refractivity contribution in [2.45, 2.75) is 51.1 Å². The molecule has 1 spiro atoms. The van der Waals surface area contributed by atoms with Gasteiger partial charge in [0.15, 0.2) is 0 Å². The minimum absolute atomic E-state index is 0.434. The highest BCUT2D eigenvalue weighted by molar-refractivity contribution is 7.11. The topological polar surface area (TPSA) is 28.2 Å². The minimum Gasteiger partial charge on any atom is -0.309 e. The van der Waals surface area contributed by atoms with E-state index in [4.69, 9.17) is 0 Å². The molecule has 3 nitrogen and oxygen atoms in total. The Hall–Kier alpha value is -0.450. The fourth-order valence-electron chi connectivity index (χ4n) is 3.34. The summed E-state index contributed by atoms with van der Waals surface area (Å²) in [5, 5.41) is 5.06. The van der Waals surface area contributed by atoms with Gasteiger partial charge in [-0.3, -0.25) is 4.90 Å². The van der Waals surface area contributed by atoms with Crippen molar-refractivity contribution in [3.8, 4) is 0 Å². The summed E-state index contributed by atoms with van der Waals surface area (Å²) in [5.41, 5.74) is 0.434. The molecule has 0 atom stereocenters. The van der Waals surface area contributed by atoms with E-state index in [1.54, 1.807) is 0 Å². The van der Waals surface area contributed by atoms with Crippen LogP contribution in [0.4, 0.5) is 0 Å². The fourth-order valence-corrected chi connectivity index (χ4v) is 4.24. The molecule has 1 saturated carbocycles. The smallest absolute Gasteiger partial charge is 0.107 e. The van der Waals surface area contributed by atoms with Gasteiger partial charge in [0.25, 0.3) is 0 Å². The third kappa shape index (κ3) is 2.60. The molecular formula is C14H23N3S. The second kappa shape index (κ2) is 5.27. The summed E-state index contributed by atoms with van der Waals surface area (Å²) in [6.07, 6.45) is 8.69. The number of thiazole rings is 1. The zero-order valence-corrected chi connectivity index (χ0v) is 12.1. The van der Waals surface area contributed by atoms with Crippen LogP contribution in [-0.2, 0) is 13.0 Å². The van der Waals surface area contributed by atoms with Gasteiger partial charge in [0.2, 0.25) is 0 Å². The molecule has 0 aromatic carbocycles. The second-order valence-corrected chi connectivity index (χ2v) is 6.90. The van der Waals surface area contributed by atoms with Gasteiger partial charge in [-0.1, -0.05) is 19.8 Å². The maximum absolute atomic E-state index is 4.55. The number of rotatable bonds is 3. The summed E-state index contributed by atoms with van der Waals surface area (Å²) in [6, 6.07) is 0. The molecule has 1 aromatic heterocycles. The first-order chi connectivity index (χ1) is 8.80. The van der Waals surface area contributed by atoms with E-state index in [-0.39, 0.29) is 0 Å². The van der Waals surface area contributed by atoms with E-state index in [1.165, 1.54) is 48.7 Å². The number of nitrogens with one attached hydrogen (secondary N) is 1. The van der Waals surface area contributed by atoms with Crippen molar-refractivity contribution in [2.75, 3.05) is 19.6 Å². The van der Waals surface area contributed by atoms with Crippen LogP contribution in [-0.4, -0.2) is 35.1 Å². The molecule has 2 aliphatic rings. The van der Waals surface area contributed by atoms with Crippen LogP contribution in [0, 0.1) is 0 Å². The van der Waals surface area contributed by atoms with E-state index >= 15 is 0 Å². The van der Waals surface area contributed by atoms with Gasteiger partial charge in [0.1, 0.15) is 5.01 Å². The number of aryl methyl sites for hydroxylation is 1.